The number of carbonyl (C=O) groups excluding carboxylic acids is 3. The number of hydrogen-bond acceptors (Lipinski definition) is 5. The number of piperidine rings is 1. The SMILES string of the molecule is C=CC(N1CCC2(CC1)C(=O)NCN2c1ccccc1)N1C(=O)c2cccc3cccc(c23)C1=O. The molecule has 0 aliphatic carbocycles. The third kappa shape index (κ3) is 3.12. The van der Waals surface area contributed by atoms with Crippen LogP contribution in [0.15, 0.2) is 79.4 Å². The summed E-state index contributed by atoms with van der Waals surface area (Å²) in [5.41, 5.74) is 1.43. The van der Waals surface area contributed by atoms with E-state index in [1.165, 1.54) is 4.90 Å². The van der Waals surface area contributed by atoms with Gasteiger partial charge >= 0.3 is 0 Å². The third-order valence-electron chi connectivity index (χ3n) is 7.68. The van der Waals surface area contributed by atoms with Crippen LogP contribution in [0.1, 0.15) is 33.6 Å². The van der Waals surface area contributed by atoms with E-state index in [1.54, 1.807) is 18.2 Å². The Morgan fingerprint density at radius 3 is 2.09 bits per heavy atom. The van der Waals surface area contributed by atoms with Gasteiger partial charge in [-0.2, -0.15) is 0 Å². The second kappa shape index (κ2) is 8.06. The van der Waals surface area contributed by atoms with Gasteiger partial charge in [-0.15, -0.1) is 0 Å². The highest BCUT2D eigenvalue weighted by atomic mass is 16.2. The molecule has 1 spiro atoms. The lowest BCUT2D eigenvalue weighted by molar-refractivity contribution is -0.125. The van der Waals surface area contributed by atoms with Crippen molar-refractivity contribution < 1.29 is 14.4 Å². The lowest BCUT2D eigenvalue weighted by atomic mass is 9.85. The van der Waals surface area contributed by atoms with Crippen LogP contribution in [0.2, 0.25) is 0 Å². The number of imide groups is 1. The fourth-order valence-corrected chi connectivity index (χ4v) is 5.90. The van der Waals surface area contributed by atoms with Crippen LogP contribution in [0.3, 0.4) is 0 Å². The molecule has 3 aliphatic heterocycles. The molecular formula is C28H26N4O3. The van der Waals surface area contributed by atoms with Gasteiger partial charge in [-0.25, -0.2) is 0 Å². The van der Waals surface area contributed by atoms with Crippen molar-refractivity contribution in [2.75, 3.05) is 24.7 Å². The van der Waals surface area contributed by atoms with E-state index in [9.17, 15) is 14.4 Å². The molecule has 3 amide bonds. The molecule has 3 aromatic carbocycles. The summed E-state index contributed by atoms with van der Waals surface area (Å²) in [5, 5.41) is 4.61. The molecule has 1 atom stereocenters. The molecule has 2 fully saturated rings. The first kappa shape index (κ1) is 21.6. The van der Waals surface area contributed by atoms with Crippen molar-refractivity contribution in [1.82, 2.24) is 15.1 Å². The van der Waals surface area contributed by atoms with Crippen molar-refractivity contribution in [3.8, 4) is 0 Å². The molecule has 0 bridgehead atoms. The minimum atomic E-state index is -0.641. The predicted octanol–water partition coefficient (Wildman–Crippen LogP) is 3.38. The first-order chi connectivity index (χ1) is 17.0. The molecule has 3 aromatic rings. The first-order valence-electron chi connectivity index (χ1n) is 11.9. The Morgan fingerprint density at radius 2 is 1.49 bits per heavy atom. The van der Waals surface area contributed by atoms with Crippen molar-refractivity contribution in [3.05, 3.63) is 90.5 Å². The lowest BCUT2D eigenvalue weighted by Crippen LogP contribution is -2.61. The van der Waals surface area contributed by atoms with E-state index in [-0.39, 0.29) is 17.7 Å². The summed E-state index contributed by atoms with van der Waals surface area (Å²) in [6.45, 7) is 5.55. The van der Waals surface area contributed by atoms with E-state index in [2.05, 4.69) is 21.7 Å². The maximum atomic E-state index is 13.6. The normalized spacial score (nSPS) is 20.4. The highest BCUT2D eigenvalue weighted by molar-refractivity contribution is 6.25. The number of para-hydroxylation sites is 1. The van der Waals surface area contributed by atoms with E-state index < -0.39 is 11.7 Å². The first-order valence-corrected chi connectivity index (χ1v) is 11.9. The van der Waals surface area contributed by atoms with Crippen molar-refractivity contribution in [1.29, 1.82) is 0 Å². The largest absolute Gasteiger partial charge is 0.339 e. The van der Waals surface area contributed by atoms with Gasteiger partial charge in [0.25, 0.3) is 11.8 Å². The fraction of sp³-hybridized carbons (Fsp3) is 0.250. The summed E-state index contributed by atoms with van der Waals surface area (Å²) >= 11 is 0. The molecule has 3 heterocycles. The number of rotatable bonds is 4. The summed E-state index contributed by atoms with van der Waals surface area (Å²) < 4.78 is 0. The maximum absolute atomic E-state index is 13.6. The van der Waals surface area contributed by atoms with Crippen molar-refractivity contribution in [2.24, 2.45) is 0 Å². The average Bonchev–Trinajstić information content (AvgIpc) is 3.21. The second-order valence-electron chi connectivity index (χ2n) is 9.33. The van der Waals surface area contributed by atoms with E-state index in [1.807, 2.05) is 54.6 Å². The Bertz CT molecular complexity index is 1310. The predicted molar refractivity (Wildman–Crippen MR) is 134 cm³/mol. The van der Waals surface area contributed by atoms with Crippen LogP contribution in [0.5, 0.6) is 0 Å². The Hall–Kier alpha value is -3.97. The van der Waals surface area contributed by atoms with E-state index in [0.29, 0.717) is 49.1 Å². The highest BCUT2D eigenvalue weighted by Gasteiger charge is 2.51. The quantitative estimate of drug-likeness (QED) is 0.472. The zero-order chi connectivity index (χ0) is 24.2. The number of nitrogens with zero attached hydrogens (tertiary/aromatic N) is 3. The summed E-state index contributed by atoms with van der Waals surface area (Å²) in [4.78, 5) is 45.7. The minimum absolute atomic E-state index is 0.0295. The third-order valence-corrected chi connectivity index (χ3v) is 7.68. The smallest absolute Gasteiger partial charge is 0.262 e. The average molecular weight is 467 g/mol. The minimum Gasteiger partial charge on any atom is -0.339 e. The molecule has 1 N–H and O–H groups in total. The van der Waals surface area contributed by atoms with Crippen LogP contribution in [0.4, 0.5) is 5.69 Å². The molecule has 7 heteroatoms. The van der Waals surface area contributed by atoms with Gasteiger partial charge in [-0.1, -0.05) is 55.1 Å². The summed E-state index contributed by atoms with van der Waals surface area (Å²) in [7, 11) is 0. The number of nitrogens with one attached hydrogen (secondary N) is 1. The van der Waals surface area contributed by atoms with Crippen LogP contribution < -0.4 is 10.2 Å². The van der Waals surface area contributed by atoms with Gasteiger partial charge in [0.05, 0.1) is 6.67 Å². The summed E-state index contributed by atoms with van der Waals surface area (Å²) in [6, 6.07) is 21.0. The van der Waals surface area contributed by atoms with Crippen molar-refractivity contribution in [3.63, 3.8) is 0 Å². The zero-order valence-electron chi connectivity index (χ0n) is 19.3. The Morgan fingerprint density at radius 1 is 0.857 bits per heavy atom. The van der Waals surface area contributed by atoms with Gasteiger partial charge in [0.1, 0.15) is 11.7 Å². The molecular weight excluding hydrogens is 440 g/mol. The zero-order valence-corrected chi connectivity index (χ0v) is 19.3. The monoisotopic (exact) mass is 466 g/mol. The molecule has 2 saturated heterocycles. The van der Waals surface area contributed by atoms with Gasteiger partial charge in [-0.05, 0) is 42.5 Å². The van der Waals surface area contributed by atoms with E-state index in [0.717, 1.165) is 11.1 Å². The van der Waals surface area contributed by atoms with E-state index >= 15 is 0 Å². The molecule has 176 valence electrons. The Kier molecular flexibility index (Phi) is 4.96. The highest BCUT2D eigenvalue weighted by Crippen LogP contribution is 2.38. The van der Waals surface area contributed by atoms with Gasteiger partial charge in [-0.3, -0.25) is 24.2 Å². The number of benzene rings is 3. The van der Waals surface area contributed by atoms with Crippen LogP contribution in [-0.2, 0) is 4.79 Å². The Labute approximate surface area is 203 Å². The van der Waals surface area contributed by atoms with Crippen LogP contribution >= 0.6 is 0 Å². The molecule has 0 radical (unpaired) electrons. The second-order valence-corrected chi connectivity index (χ2v) is 9.33. The van der Waals surface area contributed by atoms with Crippen LogP contribution in [-0.4, -0.2) is 59.0 Å². The molecule has 0 aromatic heterocycles. The Balaban J connectivity index is 1.29. The van der Waals surface area contributed by atoms with Crippen LogP contribution in [0, 0.1) is 0 Å². The molecule has 3 aliphatic rings. The van der Waals surface area contributed by atoms with Gasteiger partial charge in [0, 0.05) is 35.3 Å². The molecule has 1 unspecified atom stereocenters. The number of anilines is 1. The number of carbonyl (C=O) groups is 3. The number of hydrogen-bond donors (Lipinski definition) is 1. The number of likely N-dealkylation sites (tertiary alicyclic amines) is 1. The van der Waals surface area contributed by atoms with Gasteiger partial charge in [0.15, 0.2) is 0 Å². The molecule has 6 rings (SSSR count). The molecule has 0 saturated carbocycles. The summed E-state index contributed by atoms with van der Waals surface area (Å²) in [6.07, 6.45) is 2.23. The standard InChI is InChI=1S/C28H26N4O3/c1-2-23(32-25(33)21-12-6-8-19-9-7-13-22(24(19)21)26(32)34)30-16-14-28(15-17-30)27(35)29-18-31(28)20-10-4-3-5-11-20/h2-13,23H,1,14-18H2,(H,29,35). The maximum Gasteiger partial charge on any atom is 0.262 e. The van der Waals surface area contributed by atoms with Gasteiger partial charge in [0.2, 0.25) is 5.91 Å². The van der Waals surface area contributed by atoms with Gasteiger partial charge < -0.3 is 10.2 Å². The fourth-order valence-electron chi connectivity index (χ4n) is 5.90. The van der Waals surface area contributed by atoms with Crippen LogP contribution in [0.25, 0.3) is 10.8 Å². The topological polar surface area (TPSA) is 73.0 Å². The molecule has 7 nitrogen and oxygen atoms in total. The van der Waals surface area contributed by atoms with E-state index in [4.69, 9.17) is 0 Å². The summed E-state index contributed by atoms with van der Waals surface area (Å²) in [5.74, 6) is -0.593. The lowest BCUT2D eigenvalue weighted by Gasteiger charge is -2.47. The van der Waals surface area contributed by atoms with Crippen molar-refractivity contribution in [2.45, 2.75) is 24.5 Å². The number of amides is 3. The molecule has 35 heavy (non-hydrogen) atoms. The van der Waals surface area contributed by atoms with Crippen molar-refractivity contribution >= 4 is 34.2 Å².